The maximum atomic E-state index is 12.1. The molecule has 0 saturated heterocycles. The van der Waals surface area contributed by atoms with Crippen LogP contribution >= 0.6 is 23.8 Å². The van der Waals surface area contributed by atoms with Crippen molar-refractivity contribution < 1.29 is 14.3 Å². The van der Waals surface area contributed by atoms with E-state index < -0.39 is 5.97 Å². The highest BCUT2D eigenvalue weighted by molar-refractivity contribution is 7.80. The fraction of sp³-hybridized carbons (Fsp3) is 0.111. The fourth-order valence-electron chi connectivity index (χ4n) is 2.52. The number of aromatic amines is 1. The second-order valence-electron chi connectivity index (χ2n) is 5.34. The summed E-state index contributed by atoms with van der Waals surface area (Å²) in [4.78, 5) is 15.2. The number of methoxy groups -OCH3 is 2. The number of esters is 1. The summed E-state index contributed by atoms with van der Waals surface area (Å²) in [5.41, 5.74) is 2.15. The van der Waals surface area contributed by atoms with Gasteiger partial charge in [-0.1, -0.05) is 23.7 Å². The smallest absolute Gasteiger partial charge is 0.356 e. The van der Waals surface area contributed by atoms with Gasteiger partial charge in [-0.05, 0) is 36.5 Å². The lowest BCUT2D eigenvalue weighted by molar-refractivity contribution is 0.0596. The fourth-order valence-corrected chi connectivity index (χ4v) is 2.91. The second kappa shape index (κ2) is 7.63. The van der Waals surface area contributed by atoms with E-state index >= 15 is 0 Å². The molecule has 0 atom stereocenters. The molecule has 0 saturated carbocycles. The van der Waals surface area contributed by atoms with Gasteiger partial charge in [0.05, 0.1) is 36.1 Å². The van der Waals surface area contributed by atoms with Crippen molar-refractivity contribution in [2.75, 3.05) is 24.9 Å². The highest BCUT2D eigenvalue weighted by Crippen LogP contribution is 2.31. The minimum atomic E-state index is -0.511. The molecule has 0 fully saturated rings. The van der Waals surface area contributed by atoms with Crippen LogP contribution in [0.25, 0.3) is 10.9 Å². The Kier molecular flexibility index (Phi) is 5.29. The third-order valence-electron chi connectivity index (χ3n) is 3.76. The van der Waals surface area contributed by atoms with Crippen molar-refractivity contribution in [3.05, 3.63) is 53.2 Å². The summed E-state index contributed by atoms with van der Waals surface area (Å²) in [5.74, 6) is 0.154. The zero-order chi connectivity index (χ0) is 18.7. The average Bonchev–Trinajstić information content (AvgIpc) is 3.00. The summed E-state index contributed by atoms with van der Waals surface area (Å²) < 4.78 is 10.1. The molecule has 0 aliphatic rings. The third kappa shape index (κ3) is 3.58. The number of ether oxygens (including phenoxy) is 2. The van der Waals surface area contributed by atoms with Crippen LogP contribution in [0.2, 0.25) is 5.02 Å². The molecule has 2 aromatic carbocycles. The van der Waals surface area contributed by atoms with Gasteiger partial charge in [0.2, 0.25) is 0 Å². The molecule has 0 unspecified atom stereocenters. The van der Waals surface area contributed by atoms with E-state index in [2.05, 4.69) is 15.6 Å². The number of hydrogen-bond donors (Lipinski definition) is 3. The van der Waals surface area contributed by atoms with Gasteiger partial charge in [0.15, 0.2) is 5.11 Å². The van der Waals surface area contributed by atoms with E-state index in [4.69, 9.17) is 33.3 Å². The van der Waals surface area contributed by atoms with Gasteiger partial charge in [-0.2, -0.15) is 0 Å². The molecule has 1 aromatic heterocycles. The van der Waals surface area contributed by atoms with Crippen LogP contribution in [0.3, 0.4) is 0 Å². The number of nitrogens with one attached hydrogen (secondary N) is 3. The summed E-state index contributed by atoms with van der Waals surface area (Å²) in [6.07, 6.45) is 0. The summed E-state index contributed by atoms with van der Waals surface area (Å²) >= 11 is 11.5. The van der Waals surface area contributed by atoms with Crippen LogP contribution in [0.1, 0.15) is 10.5 Å². The van der Waals surface area contributed by atoms with Crippen molar-refractivity contribution in [1.29, 1.82) is 0 Å². The Morgan fingerprint density at radius 3 is 2.62 bits per heavy atom. The highest BCUT2D eigenvalue weighted by atomic mass is 35.5. The van der Waals surface area contributed by atoms with Crippen LogP contribution in [-0.4, -0.2) is 30.3 Å². The van der Waals surface area contributed by atoms with Gasteiger partial charge >= 0.3 is 5.97 Å². The van der Waals surface area contributed by atoms with Crippen LogP contribution in [0.5, 0.6) is 5.75 Å². The monoisotopic (exact) mass is 389 g/mol. The lowest BCUT2D eigenvalue weighted by Gasteiger charge is -2.12. The number of halogens is 1. The molecule has 6 nitrogen and oxygen atoms in total. The first kappa shape index (κ1) is 18.0. The molecule has 0 bridgehead atoms. The van der Waals surface area contributed by atoms with E-state index in [1.165, 1.54) is 7.11 Å². The Bertz CT molecular complexity index is 987. The van der Waals surface area contributed by atoms with Gasteiger partial charge in [-0.25, -0.2) is 4.79 Å². The number of rotatable bonds is 4. The van der Waals surface area contributed by atoms with Gasteiger partial charge in [0.1, 0.15) is 11.4 Å². The van der Waals surface area contributed by atoms with Crippen molar-refractivity contribution in [1.82, 2.24) is 4.98 Å². The zero-order valence-electron chi connectivity index (χ0n) is 14.1. The van der Waals surface area contributed by atoms with E-state index in [0.717, 1.165) is 5.39 Å². The predicted molar refractivity (Wildman–Crippen MR) is 107 cm³/mol. The maximum Gasteiger partial charge on any atom is 0.356 e. The average molecular weight is 390 g/mol. The lowest BCUT2D eigenvalue weighted by Crippen LogP contribution is -2.20. The summed E-state index contributed by atoms with van der Waals surface area (Å²) in [5, 5.41) is 7.67. The number of fused-ring (bicyclic) bond motifs is 1. The molecule has 1 heterocycles. The third-order valence-corrected chi connectivity index (χ3v) is 4.29. The van der Waals surface area contributed by atoms with Gasteiger partial charge in [-0.15, -0.1) is 0 Å². The van der Waals surface area contributed by atoms with Crippen LogP contribution in [0.4, 0.5) is 11.4 Å². The van der Waals surface area contributed by atoms with E-state index in [1.54, 1.807) is 31.4 Å². The molecule has 0 spiro atoms. The maximum absolute atomic E-state index is 12.1. The second-order valence-corrected chi connectivity index (χ2v) is 6.15. The number of thiocarbonyl (C=S) groups is 1. The standard InChI is InChI=1S/C18H16ClN3O3S/c1-24-10-7-8-11-14(9-10)20-16(17(23)25-2)15(11)22-18(26)21-13-6-4-3-5-12(13)19/h3-9,20H,1-2H3,(H2,21,22,26). The number of para-hydroxylation sites is 1. The van der Waals surface area contributed by atoms with Gasteiger partial charge in [0.25, 0.3) is 0 Å². The molecule has 0 amide bonds. The number of H-pyrrole nitrogens is 1. The Morgan fingerprint density at radius 2 is 1.92 bits per heavy atom. The van der Waals surface area contributed by atoms with E-state index in [1.807, 2.05) is 18.2 Å². The first-order valence-corrected chi connectivity index (χ1v) is 8.42. The van der Waals surface area contributed by atoms with Gasteiger partial charge in [0, 0.05) is 11.5 Å². The van der Waals surface area contributed by atoms with Crippen LogP contribution < -0.4 is 15.4 Å². The first-order chi connectivity index (χ1) is 12.5. The number of carbonyl (C=O) groups excluding carboxylic acids is 1. The minimum absolute atomic E-state index is 0.263. The molecule has 26 heavy (non-hydrogen) atoms. The quantitative estimate of drug-likeness (QED) is 0.453. The van der Waals surface area contributed by atoms with Crippen LogP contribution in [0, 0.1) is 0 Å². The minimum Gasteiger partial charge on any atom is -0.497 e. The molecular weight excluding hydrogens is 374 g/mol. The topological polar surface area (TPSA) is 75.4 Å². The number of carbonyl (C=O) groups is 1. The summed E-state index contributed by atoms with van der Waals surface area (Å²) in [6.45, 7) is 0. The molecule has 0 radical (unpaired) electrons. The molecule has 8 heteroatoms. The Morgan fingerprint density at radius 1 is 1.15 bits per heavy atom. The number of hydrogen-bond acceptors (Lipinski definition) is 4. The molecule has 0 aliphatic carbocycles. The summed E-state index contributed by atoms with van der Waals surface area (Å²) in [6, 6.07) is 12.6. The van der Waals surface area contributed by atoms with E-state index in [0.29, 0.717) is 32.8 Å². The highest BCUT2D eigenvalue weighted by Gasteiger charge is 2.20. The number of aromatic nitrogens is 1. The van der Waals surface area contributed by atoms with Crippen molar-refractivity contribution >= 4 is 57.2 Å². The Hall–Kier alpha value is -2.77. The zero-order valence-corrected chi connectivity index (χ0v) is 15.6. The lowest BCUT2D eigenvalue weighted by atomic mass is 10.2. The molecule has 134 valence electrons. The van der Waals surface area contributed by atoms with E-state index in [9.17, 15) is 4.79 Å². The van der Waals surface area contributed by atoms with E-state index in [-0.39, 0.29) is 5.69 Å². The molecule has 3 rings (SSSR count). The molecule has 0 aliphatic heterocycles. The molecular formula is C18H16ClN3O3S. The number of benzene rings is 2. The normalized spacial score (nSPS) is 10.4. The van der Waals surface area contributed by atoms with Crippen molar-refractivity contribution in [3.63, 3.8) is 0 Å². The molecule has 3 N–H and O–H groups in total. The Balaban J connectivity index is 1.96. The van der Waals surface area contributed by atoms with Crippen molar-refractivity contribution in [3.8, 4) is 5.75 Å². The van der Waals surface area contributed by atoms with Gasteiger partial charge < -0.3 is 25.1 Å². The summed E-state index contributed by atoms with van der Waals surface area (Å²) in [7, 11) is 2.89. The van der Waals surface area contributed by atoms with Gasteiger partial charge in [-0.3, -0.25) is 0 Å². The predicted octanol–water partition coefficient (Wildman–Crippen LogP) is 4.43. The SMILES string of the molecule is COC(=O)c1[nH]c2cc(OC)ccc2c1NC(=S)Nc1ccccc1Cl. The van der Waals surface area contributed by atoms with Crippen molar-refractivity contribution in [2.45, 2.75) is 0 Å². The number of anilines is 2. The van der Waals surface area contributed by atoms with Crippen LogP contribution in [0.15, 0.2) is 42.5 Å². The first-order valence-electron chi connectivity index (χ1n) is 7.64. The Labute approximate surface area is 160 Å². The molecule has 3 aromatic rings. The van der Waals surface area contributed by atoms with Crippen LogP contribution in [-0.2, 0) is 4.74 Å². The largest absolute Gasteiger partial charge is 0.497 e. The van der Waals surface area contributed by atoms with Crippen molar-refractivity contribution in [2.24, 2.45) is 0 Å².